The number of hydrogen-bond acceptors (Lipinski definition) is 1. The molecule has 17 heavy (non-hydrogen) atoms. The molecule has 1 fully saturated rings. The molecule has 0 amide bonds. The van der Waals surface area contributed by atoms with Gasteiger partial charge in [0.05, 0.1) is 0 Å². The molecule has 0 bridgehead atoms. The normalized spacial score (nSPS) is 32.8. The van der Waals surface area contributed by atoms with Crippen LogP contribution in [0, 0.1) is 17.3 Å². The van der Waals surface area contributed by atoms with E-state index < -0.39 is 0 Å². The summed E-state index contributed by atoms with van der Waals surface area (Å²) in [5, 5.41) is 0. The first-order valence-corrected chi connectivity index (χ1v) is 6.35. The largest absolute Gasteiger partial charge is 0.303 e. The predicted molar refractivity (Wildman–Crippen MR) is 73.8 cm³/mol. The van der Waals surface area contributed by atoms with Crippen LogP contribution in [0.15, 0.2) is 37.0 Å². The third kappa shape index (κ3) is 2.96. The lowest BCUT2D eigenvalue weighted by Gasteiger charge is -2.43. The maximum atomic E-state index is 10.6. The van der Waals surface area contributed by atoms with Crippen LogP contribution >= 0.6 is 0 Å². The summed E-state index contributed by atoms with van der Waals surface area (Å²) < 4.78 is 0. The minimum absolute atomic E-state index is 0.157. The molecule has 0 radical (unpaired) electrons. The first kappa shape index (κ1) is 14.0. The Morgan fingerprint density at radius 2 is 2.12 bits per heavy atom. The van der Waals surface area contributed by atoms with Gasteiger partial charge in [0.1, 0.15) is 6.29 Å². The summed E-state index contributed by atoms with van der Waals surface area (Å²) in [5.41, 5.74) is 2.46. The highest BCUT2D eigenvalue weighted by atomic mass is 16.1. The monoisotopic (exact) mass is 232 g/mol. The highest BCUT2D eigenvalue weighted by Gasteiger charge is 2.38. The Bertz CT molecular complexity index is 339. The van der Waals surface area contributed by atoms with E-state index in [1.165, 1.54) is 5.57 Å². The fourth-order valence-electron chi connectivity index (χ4n) is 2.98. The van der Waals surface area contributed by atoms with Crippen LogP contribution in [0.5, 0.6) is 0 Å². The molecule has 94 valence electrons. The molecule has 1 rings (SSSR count). The molecule has 0 aromatic heterocycles. The van der Waals surface area contributed by atoms with Crippen LogP contribution in [0.3, 0.4) is 0 Å². The van der Waals surface area contributed by atoms with Crippen molar-refractivity contribution in [3.8, 4) is 0 Å². The summed E-state index contributed by atoms with van der Waals surface area (Å²) in [6.45, 7) is 16.5. The Labute approximate surface area is 105 Å². The van der Waals surface area contributed by atoms with E-state index in [4.69, 9.17) is 0 Å². The van der Waals surface area contributed by atoms with E-state index in [0.717, 1.165) is 31.1 Å². The number of carbonyl (C=O) groups is 1. The Kier molecular flexibility index (Phi) is 4.50. The third-order valence-corrected chi connectivity index (χ3v) is 4.33. The zero-order valence-electron chi connectivity index (χ0n) is 11.2. The second kappa shape index (κ2) is 5.48. The van der Waals surface area contributed by atoms with Gasteiger partial charge in [-0.2, -0.15) is 0 Å². The molecule has 0 heterocycles. The predicted octanol–water partition coefficient (Wildman–Crippen LogP) is 4.32. The van der Waals surface area contributed by atoms with Crippen LogP contribution in [-0.2, 0) is 4.79 Å². The number of rotatable bonds is 5. The number of allylic oxidation sites excluding steroid dienone is 3. The van der Waals surface area contributed by atoms with Gasteiger partial charge in [-0.25, -0.2) is 0 Å². The van der Waals surface area contributed by atoms with Gasteiger partial charge < -0.3 is 4.79 Å². The lowest BCUT2D eigenvalue weighted by molar-refractivity contribution is -0.107. The first-order valence-electron chi connectivity index (χ1n) is 6.35. The summed E-state index contributed by atoms with van der Waals surface area (Å²) in [6, 6.07) is 0. The number of hydrogen-bond donors (Lipinski definition) is 0. The second-order valence-electron chi connectivity index (χ2n) is 5.61. The van der Waals surface area contributed by atoms with Crippen LogP contribution in [-0.4, -0.2) is 6.29 Å². The van der Waals surface area contributed by atoms with Crippen LogP contribution in [0.2, 0.25) is 0 Å². The van der Waals surface area contributed by atoms with E-state index in [1.54, 1.807) is 0 Å². The molecule has 1 saturated carbocycles. The molecule has 1 heteroatoms. The van der Waals surface area contributed by atoms with Gasteiger partial charge >= 0.3 is 0 Å². The van der Waals surface area contributed by atoms with Crippen molar-refractivity contribution in [3.05, 3.63) is 37.0 Å². The van der Waals surface area contributed by atoms with E-state index in [2.05, 4.69) is 39.7 Å². The molecule has 0 spiro atoms. The van der Waals surface area contributed by atoms with Crippen LogP contribution in [0.4, 0.5) is 0 Å². The zero-order chi connectivity index (χ0) is 13.1. The molecule has 0 aromatic carbocycles. The number of carbonyl (C=O) groups excluding carboxylic acids is 1. The van der Waals surface area contributed by atoms with Crippen molar-refractivity contribution < 1.29 is 4.79 Å². The summed E-state index contributed by atoms with van der Waals surface area (Å²) >= 11 is 0. The van der Waals surface area contributed by atoms with Gasteiger partial charge in [-0.3, -0.25) is 0 Å². The van der Waals surface area contributed by atoms with E-state index >= 15 is 0 Å². The molecular weight excluding hydrogens is 208 g/mol. The first-order chi connectivity index (χ1) is 7.94. The average Bonchev–Trinajstić information content (AvgIpc) is 2.29. The molecular formula is C16H24O. The van der Waals surface area contributed by atoms with Crippen molar-refractivity contribution in [3.63, 3.8) is 0 Å². The fourth-order valence-corrected chi connectivity index (χ4v) is 2.98. The summed E-state index contributed by atoms with van der Waals surface area (Å²) in [6.07, 6.45) is 6.81. The fraction of sp³-hybridized carbons (Fsp3) is 0.562. The van der Waals surface area contributed by atoms with E-state index in [9.17, 15) is 4.79 Å². The van der Waals surface area contributed by atoms with Crippen molar-refractivity contribution in [1.82, 2.24) is 0 Å². The standard InChI is InChI=1S/C16H24O/c1-6-16(5)9-7-14(13(4)8-10-17)11-15(16)12(2)3/h6,10,14-15H,1-2,4,7-9,11H2,3,5H3/t14-,15+,16-/m1/s1. The smallest absolute Gasteiger partial charge is 0.124 e. The van der Waals surface area contributed by atoms with Crippen LogP contribution < -0.4 is 0 Å². The maximum Gasteiger partial charge on any atom is 0.124 e. The van der Waals surface area contributed by atoms with Crippen molar-refractivity contribution in [2.24, 2.45) is 17.3 Å². The molecule has 1 aliphatic rings. The SMILES string of the molecule is C=C[C@]1(C)CC[C@@H](C(=C)CC=O)C[C@H]1C(=C)C. The van der Waals surface area contributed by atoms with E-state index in [0.29, 0.717) is 18.3 Å². The molecule has 0 unspecified atom stereocenters. The molecule has 0 saturated heterocycles. The van der Waals surface area contributed by atoms with Gasteiger partial charge in [-0.15, -0.1) is 6.58 Å². The van der Waals surface area contributed by atoms with Crippen molar-refractivity contribution in [2.75, 3.05) is 0 Å². The van der Waals surface area contributed by atoms with Gasteiger partial charge in [0, 0.05) is 6.42 Å². The zero-order valence-corrected chi connectivity index (χ0v) is 11.2. The topological polar surface area (TPSA) is 17.1 Å². The Morgan fingerprint density at radius 1 is 1.47 bits per heavy atom. The minimum atomic E-state index is 0.157. The molecule has 3 atom stereocenters. The van der Waals surface area contributed by atoms with Crippen molar-refractivity contribution >= 4 is 6.29 Å². The van der Waals surface area contributed by atoms with E-state index in [1.807, 2.05) is 0 Å². The molecule has 0 N–H and O–H groups in total. The van der Waals surface area contributed by atoms with Gasteiger partial charge in [0.2, 0.25) is 0 Å². The third-order valence-electron chi connectivity index (χ3n) is 4.33. The quantitative estimate of drug-likeness (QED) is 0.509. The van der Waals surface area contributed by atoms with Crippen molar-refractivity contribution in [1.29, 1.82) is 0 Å². The Balaban J connectivity index is 2.82. The molecule has 1 aliphatic carbocycles. The summed E-state index contributed by atoms with van der Waals surface area (Å²) in [7, 11) is 0. The van der Waals surface area contributed by atoms with Gasteiger partial charge in [0.15, 0.2) is 0 Å². The van der Waals surface area contributed by atoms with Crippen molar-refractivity contribution in [2.45, 2.75) is 39.5 Å². The van der Waals surface area contributed by atoms with Gasteiger partial charge in [-0.05, 0) is 43.4 Å². The average molecular weight is 232 g/mol. The van der Waals surface area contributed by atoms with Gasteiger partial charge in [-0.1, -0.05) is 37.3 Å². The lowest BCUT2D eigenvalue weighted by Crippen LogP contribution is -2.33. The molecule has 1 nitrogen and oxygen atoms in total. The minimum Gasteiger partial charge on any atom is -0.303 e. The Hall–Kier alpha value is -1.11. The molecule has 0 aliphatic heterocycles. The highest BCUT2D eigenvalue weighted by Crippen LogP contribution is 2.48. The highest BCUT2D eigenvalue weighted by molar-refractivity contribution is 5.54. The molecule has 0 aromatic rings. The van der Waals surface area contributed by atoms with Crippen LogP contribution in [0.1, 0.15) is 39.5 Å². The maximum absolute atomic E-state index is 10.6. The lowest BCUT2D eigenvalue weighted by atomic mass is 9.61. The Morgan fingerprint density at radius 3 is 2.59 bits per heavy atom. The van der Waals surface area contributed by atoms with Gasteiger partial charge in [0.25, 0.3) is 0 Å². The second-order valence-corrected chi connectivity index (χ2v) is 5.61. The summed E-state index contributed by atoms with van der Waals surface area (Å²) in [4.78, 5) is 10.6. The van der Waals surface area contributed by atoms with E-state index in [-0.39, 0.29) is 5.41 Å². The number of aldehydes is 1. The van der Waals surface area contributed by atoms with Crippen LogP contribution in [0.25, 0.3) is 0 Å². The summed E-state index contributed by atoms with van der Waals surface area (Å²) in [5.74, 6) is 0.928.